The predicted molar refractivity (Wildman–Crippen MR) is 60.3 cm³/mol. The molecule has 0 aromatic heterocycles. The van der Waals surface area contributed by atoms with E-state index in [2.05, 4.69) is 16.0 Å². The van der Waals surface area contributed by atoms with Gasteiger partial charge in [-0.2, -0.15) is 0 Å². The van der Waals surface area contributed by atoms with Crippen molar-refractivity contribution < 1.29 is 5.48 Å². The third-order valence-corrected chi connectivity index (χ3v) is 1.60. The Labute approximate surface area is 86.1 Å². The second kappa shape index (κ2) is 15.2. The third kappa shape index (κ3) is 14.3. The Morgan fingerprint density at radius 2 is 0.857 bits per heavy atom. The first-order valence-corrected chi connectivity index (χ1v) is 4.94. The molecule has 9 N–H and O–H groups in total. The quantitative estimate of drug-likeness (QED) is 0.242. The molecule has 0 saturated heterocycles. The standard InChI is InChI=1S/C8H23N5.H2O/c9-1-3-11-5-7-13-8-6-12-4-2-10;/h11-13H,1-10H2;1H2. The average Bonchev–Trinajstić information content (AvgIpc) is 2.16. The molecule has 0 heterocycles. The van der Waals surface area contributed by atoms with Gasteiger partial charge in [0, 0.05) is 52.4 Å². The van der Waals surface area contributed by atoms with Crippen molar-refractivity contribution in [2.45, 2.75) is 0 Å². The summed E-state index contributed by atoms with van der Waals surface area (Å²) in [7, 11) is 0. The highest BCUT2D eigenvalue weighted by molar-refractivity contribution is 4.54. The van der Waals surface area contributed by atoms with Crippen molar-refractivity contribution in [3.63, 3.8) is 0 Å². The normalized spacial score (nSPS) is 9.86. The summed E-state index contributed by atoms with van der Waals surface area (Å²) in [5, 5.41) is 9.71. The van der Waals surface area contributed by atoms with Gasteiger partial charge in [-0.05, 0) is 0 Å². The van der Waals surface area contributed by atoms with Crippen molar-refractivity contribution in [2.75, 3.05) is 52.4 Å². The van der Waals surface area contributed by atoms with Gasteiger partial charge >= 0.3 is 0 Å². The lowest BCUT2D eigenvalue weighted by atomic mass is 10.5. The number of nitrogens with two attached hydrogens (primary N) is 2. The Hall–Kier alpha value is -0.240. The van der Waals surface area contributed by atoms with E-state index in [1.165, 1.54) is 0 Å². The molecule has 0 saturated carbocycles. The smallest absolute Gasteiger partial charge is 0.00772 e. The van der Waals surface area contributed by atoms with Crippen LogP contribution in [0, 0.1) is 0 Å². The van der Waals surface area contributed by atoms with E-state index in [1.54, 1.807) is 0 Å². The number of rotatable bonds is 10. The second-order valence-electron chi connectivity index (χ2n) is 2.83. The minimum Gasteiger partial charge on any atom is -0.412 e. The fraction of sp³-hybridized carbons (Fsp3) is 1.00. The molecule has 0 unspecified atom stereocenters. The second-order valence-corrected chi connectivity index (χ2v) is 2.83. The van der Waals surface area contributed by atoms with Crippen molar-refractivity contribution >= 4 is 0 Å². The van der Waals surface area contributed by atoms with Gasteiger partial charge in [0.15, 0.2) is 0 Å². The minimum atomic E-state index is 0. The highest BCUT2D eigenvalue weighted by atomic mass is 16.0. The lowest BCUT2D eigenvalue weighted by molar-refractivity contribution is 0.586. The Morgan fingerprint density at radius 3 is 1.14 bits per heavy atom. The Balaban J connectivity index is 0. The highest BCUT2D eigenvalue weighted by Crippen LogP contribution is 1.60. The van der Waals surface area contributed by atoms with Crippen LogP contribution in [-0.4, -0.2) is 57.8 Å². The van der Waals surface area contributed by atoms with Crippen LogP contribution < -0.4 is 27.4 Å². The molecule has 0 amide bonds. The van der Waals surface area contributed by atoms with Gasteiger partial charge in [-0.1, -0.05) is 0 Å². The van der Waals surface area contributed by atoms with Gasteiger partial charge in [-0.3, -0.25) is 0 Å². The van der Waals surface area contributed by atoms with Crippen LogP contribution >= 0.6 is 0 Å². The molecule has 14 heavy (non-hydrogen) atoms. The van der Waals surface area contributed by atoms with Crippen LogP contribution in [0.3, 0.4) is 0 Å². The van der Waals surface area contributed by atoms with Gasteiger partial charge < -0.3 is 32.9 Å². The molecule has 0 aliphatic carbocycles. The maximum absolute atomic E-state index is 5.32. The van der Waals surface area contributed by atoms with Gasteiger partial charge in [0.25, 0.3) is 0 Å². The van der Waals surface area contributed by atoms with Crippen LogP contribution in [0.4, 0.5) is 0 Å². The maximum Gasteiger partial charge on any atom is 0.00772 e. The van der Waals surface area contributed by atoms with E-state index in [0.29, 0.717) is 13.1 Å². The van der Waals surface area contributed by atoms with Crippen LogP contribution in [0.15, 0.2) is 0 Å². The largest absolute Gasteiger partial charge is 0.412 e. The molecule has 0 spiro atoms. The Bertz CT molecular complexity index is 83.8. The highest BCUT2D eigenvalue weighted by Gasteiger charge is 1.87. The van der Waals surface area contributed by atoms with E-state index in [0.717, 1.165) is 39.3 Å². The topological polar surface area (TPSA) is 120 Å². The first kappa shape index (κ1) is 16.2. The Kier molecular flexibility index (Phi) is 17.6. The SMILES string of the molecule is NCCNCCNCCNCCN.O. The van der Waals surface area contributed by atoms with E-state index in [9.17, 15) is 0 Å². The van der Waals surface area contributed by atoms with Crippen molar-refractivity contribution in [2.24, 2.45) is 11.5 Å². The molecule has 0 atom stereocenters. The molecule has 0 aromatic rings. The van der Waals surface area contributed by atoms with Crippen molar-refractivity contribution in [3.05, 3.63) is 0 Å². The molecule has 0 fully saturated rings. The molecule has 0 aliphatic rings. The molecule has 6 nitrogen and oxygen atoms in total. The average molecular weight is 207 g/mol. The zero-order chi connectivity index (χ0) is 9.78. The van der Waals surface area contributed by atoms with E-state index in [4.69, 9.17) is 11.5 Å². The number of hydrogen-bond donors (Lipinski definition) is 5. The van der Waals surface area contributed by atoms with E-state index in [-0.39, 0.29) is 5.48 Å². The summed E-state index contributed by atoms with van der Waals surface area (Å²) >= 11 is 0. The van der Waals surface area contributed by atoms with Gasteiger partial charge in [-0.25, -0.2) is 0 Å². The van der Waals surface area contributed by atoms with Gasteiger partial charge in [0.2, 0.25) is 0 Å². The van der Waals surface area contributed by atoms with Crippen LogP contribution in [0.25, 0.3) is 0 Å². The van der Waals surface area contributed by atoms with Crippen LogP contribution in [-0.2, 0) is 0 Å². The zero-order valence-electron chi connectivity index (χ0n) is 8.81. The van der Waals surface area contributed by atoms with E-state index >= 15 is 0 Å². The fourth-order valence-corrected chi connectivity index (χ4v) is 0.933. The van der Waals surface area contributed by atoms with Gasteiger partial charge in [-0.15, -0.1) is 0 Å². The summed E-state index contributed by atoms with van der Waals surface area (Å²) < 4.78 is 0. The molecule has 88 valence electrons. The Morgan fingerprint density at radius 1 is 0.571 bits per heavy atom. The molecule has 0 rings (SSSR count). The van der Waals surface area contributed by atoms with Crippen LogP contribution in [0.5, 0.6) is 0 Å². The summed E-state index contributed by atoms with van der Waals surface area (Å²) in [5.41, 5.74) is 10.6. The molecular formula is C8H25N5O. The van der Waals surface area contributed by atoms with Gasteiger partial charge in [0.05, 0.1) is 0 Å². The molecule has 0 bridgehead atoms. The summed E-state index contributed by atoms with van der Waals surface area (Å²) in [6.07, 6.45) is 0. The van der Waals surface area contributed by atoms with E-state index in [1.807, 2.05) is 0 Å². The summed E-state index contributed by atoms with van der Waals surface area (Å²) in [4.78, 5) is 0. The van der Waals surface area contributed by atoms with Crippen LogP contribution in [0.1, 0.15) is 0 Å². The molecular weight excluding hydrogens is 182 g/mol. The maximum atomic E-state index is 5.32. The number of hydrogen-bond acceptors (Lipinski definition) is 5. The monoisotopic (exact) mass is 207 g/mol. The third-order valence-electron chi connectivity index (χ3n) is 1.60. The van der Waals surface area contributed by atoms with Crippen LogP contribution in [0.2, 0.25) is 0 Å². The van der Waals surface area contributed by atoms with Crippen molar-refractivity contribution in [1.82, 2.24) is 16.0 Å². The molecule has 0 aromatic carbocycles. The zero-order valence-corrected chi connectivity index (χ0v) is 8.81. The lowest BCUT2D eigenvalue weighted by Crippen LogP contribution is -2.35. The number of nitrogens with one attached hydrogen (secondary N) is 3. The summed E-state index contributed by atoms with van der Waals surface area (Å²) in [5.74, 6) is 0. The summed E-state index contributed by atoms with van der Waals surface area (Å²) in [6, 6.07) is 0. The predicted octanol–water partition coefficient (Wildman–Crippen LogP) is -3.15. The molecule has 0 aliphatic heterocycles. The fourth-order valence-electron chi connectivity index (χ4n) is 0.933. The minimum absolute atomic E-state index is 0. The first-order chi connectivity index (χ1) is 6.41. The lowest BCUT2D eigenvalue weighted by Gasteiger charge is -2.06. The van der Waals surface area contributed by atoms with Crippen molar-refractivity contribution in [3.8, 4) is 0 Å². The molecule has 0 radical (unpaired) electrons. The van der Waals surface area contributed by atoms with Gasteiger partial charge in [0.1, 0.15) is 0 Å². The molecule has 6 heteroatoms. The summed E-state index contributed by atoms with van der Waals surface area (Å²) in [6.45, 7) is 7.15. The van der Waals surface area contributed by atoms with E-state index < -0.39 is 0 Å². The van der Waals surface area contributed by atoms with Crippen molar-refractivity contribution in [1.29, 1.82) is 0 Å². The first-order valence-electron chi connectivity index (χ1n) is 4.94.